The number of benzene rings is 2. The van der Waals surface area contributed by atoms with Gasteiger partial charge in [0.2, 0.25) is 0 Å². The van der Waals surface area contributed by atoms with Gasteiger partial charge >= 0.3 is 20.3 Å². The van der Waals surface area contributed by atoms with E-state index < -0.39 is 70.4 Å². The van der Waals surface area contributed by atoms with Gasteiger partial charge in [-0.1, -0.05) is 11.6 Å². The topological polar surface area (TPSA) is 306 Å². The molecule has 7 atom stereocenters. The Labute approximate surface area is 398 Å². The number of phosphoric ester groups is 1. The van der Waals surface area contributed by atoms with E-state index in [0.717, 1.165) is 51.8 Å². The molecule has 6 aromatic rings. The summed E-state index contributed by atoms with van der Waals surface area (Å²) in [7, 11) is 0.781. The van der Waals surface area contributed by atoms with Crippen molar-refractivity contribution in [1.29, 1.82) is 0 Å². The summed E-state index contributed by atoms with van der Waals surface area (Å²) in [6.07, 6.45) is -0.948. The number of imidazole rings is 1. The van der Waals surface area contributed by atoms with Crippen LogP contribution in [-0.4, -0.2) is 138 Å². The van der Waals surface area contributed by atoms with Gasteiger partial charge in [0.05, 0.1) is 70.6 Å². The molecule has 0 amide bonds. The van der Waals surface area contributed by atoms with Crippen molar-refractivity contribution in [2.75, 3.05) is 76.6 Å². The molecule has 6 heterocycles. The highest BCUT2D eigenvalue weighted by atomic mass is 35.5. The van der Waals surface area contributed by atoms with Gasteiger partial charge in [0.1, 0.15) is 60.3 Å². The minimum atomic E-state index is -5.06. The third-order valence-corrected chi connectivity index (χ3v) is 16.3. The Bertz CT molecular complexity index is 2930. The molecule has 2 aliphatic heterocycles. The van der Waals surface area contributed by atoms with E-state index in [0.29, 0.717) is 51.7 Å². The lowest BCUT2D eigenvalue weighted by molar-refractivity contribution is -0.890. The number of fused-ring (bicyclic) bond motifs is 3. The van der Waals surface area contributed by atoms with Crippen molar-refractivity contribution in [3.8, 4) is 5.75 Å². The number of halogens is 1. The lowest BCUT2D eigenvalue weighted by atomic mass is 10.1. The van der Waals surface area contributed by atoms with Gasteiger partial charge in [-0.05, 0) is 53.8 Å². The first-order valence-corrected chi connectivity index (χ1v) is 26.6. The molecular weight excluding hydrogens is 968 g/mol. The Morgan fingerprint density at radius 1 is 0.926 bits per heavy atom. The largest absolute Gasteiger partial charge is 0.497 e. The Morgan fingerprint density at radius 3 is 2.43 bits per heavy atom. The maximum atomic E-state index is 14.9. The molecule has 0 bridgehead atoms. The van der Waals surface area contributed by atoms with E-state index in [1.165, 1.54) is 34.1 Å². The third kappa shape index (κ3) is 11.7. The van der Waals surface area contributed by atoms with Crippen molar-refractivity contribution in [2.24, 2.45) is 0 Å². The molecule has 27 heteroatoms. The Kier molecular flexibility index (Phi) is 15.3. The van der Waals surface area contributed by atoms with Gasteiger partial charge in [0.15, 0.2) is 11.5 Å². The highest BCUT2D eigenvalue weighted by Gasteiger charge is 2.46. The van der Waals surface area contributed by atoms with Crippen LogP contribution in [0.4, 0.5) is 17.3 Å². The van der Waals surface area contributed by atoms with Crippen LogP contribution in [0.3, 0.4) is 0 Å². The van der Waals surface area contributed by atoms with Crippen LogP contribution in [0, 0.1) is 0 Å². The van der Waals surface area contributed by atoms with E-state index in [1.807, 2.05) is 36.4 Å². The summed E-state index contributed by atoms with van der Waals surface area (Å²) in [5, 5.41) is 16.4. The third-order valence-electron chi connectivity index (χ3n) is 11.7. The number of hydrogen-bond donors (Lipinski definition) is 6. The van der Waals surface area contributed by atoms with Crippen LogP contribution in [0.5, 0.6) is 5.75 Å². The SMILES string of the molecule is COc1ccc2nc3cc(Cl)ccc3c(NCCC[N+](C)(C)CCCSP(=O)(OC[C@H]3O[C@@H](n4cnc5c(N)ncnc54)C[C@@H]3OP(=O)(O)O)O[C@H]3C[C@H](n4ccc(N)nc4=O)O[C@@H]3CO)c2c1. The second-order valence-electron chi connectivity index (χ2n) is 16.9. The zero-order valence-electron chi connectivity index (χ0n) is 37.2. The van der Waals surface area contributed by atoms with Crippen LogP contribution in [0.2, 0.25) is 5.02 Å². The first-order chi connectivity index (χ1) is 32.4. The molecule has 0 saturated carbocycles. The first-order valence-electron chi connectivity index (χ1n) is 21.6. The van der Waals surface area contributed by atoms with Crippen LogP contribution >= 0.6 is 37.6 Å². The molecule has 1 unspecified atom stereocenters. The summed E-state index contributed by atoms with van der Waals surface area (Å²) in [5.41, 5.74) is 14.1. The van der Waals surface area contributed by atoms with Crippen molar-refractivity contribution in [1.82, 2.24) is 34.1 Å². The van der Waals surface area contributed by atoms with Gasteiger partial charge in [0, 0.05) is 60.0 Å². The summed E-state index contributed by atoms with van der Waals surface area (Å²) in [6, 6.07) is 12.8. The molecule has 2 aromatic carbocycles. The predicted octanol–water partition coefficient (Wildman–Crippen LogP) is 4.87. The van der Waals surface area contributed by atoms with Gasteiger partial charge in [0.25, 0.3) is 0 Å². The molecular formula is C41H53ClN11O12P2S+. The van der Waals surface area contributed by atoms with E-state index in [1.54, 1.807) is 7.11 Å². The molecule has 4 aromatic heterocycles. The summed E-state index contributed by atoms with van der Waals surface area (Å²) >= 11 is 7.26. The van der Waals surface area contributed by atoms with Gasteiger partial charge < -0.3 is 50.4 Å². The van der Waals surface area contributed by atoms with Crippen LogP contribution < -0.4 is 27.2 Å². The van der Waals surface area contributed by atoms with Gasteiger partial charge in [-0.3, -0.25) is 22.7 Å². The number of methoxy groups -OCH3 is 1. The number of anilines is 3. The normalized spacial score (nSPS) is 22.0. The Hall–Kier alpha value is -4.52. The van der Waals surface area contributed by atoms with Crippen molar-refractivity contribution >= 4 is 87.9 Å². The number of phosphoric acid groups is 1. The minimum absolute atomic E-state index is 0.0134. The standard InChI is InChI=1S/C41H52ClN11O12P2S/c1-53(2,13-4-11-45-37-26-8-6-24(42)16-29(26)49-28-9-7-25(60-3)17-27(28)37)14-5-15-68-67(59,65-30-18-35(62-32(30)20-54)51-12-10-34(43)50-41(51)55)61-21-33-31(64-66(56,57)58)19-36(63-33)52-23-48-38-39(44)46-22-47-40(38)52/h6-10,12,16-17,22-23,30-33,35-36,54H,4-5,11,13-15,18-21H2,1-3H3,(H6-,43,44,45,46,47,49,50,55,56,57,58)/p+1/t30-,31-,32+,33+,35+,36+,67?/m0/s1. The zero-order chi connectivity index (χ0) is 48.4. The maximum Gasteiger partial charge on any atom is 0.469 e. The fraction of sp³-hybridized carbons (Fsp3) is 0.463. The molecule has 23 nitrogen and oxygen atoms in total. The molecule has 366 valence electrons. The molecule has 0 radical (unpaired) electrons. The number of aliphatic hydroxyl groups excluding tert-OH is 1. The average molecular weight is 1020 g/mol. The first kappa shape index (κ1) is 49.9. The quantitative estimate of drug-likeness (QED) is 0.0242. The summed E-state index contributed by atoms with van der Waals surface area (Å²) in [6.45, 7) is -3.13. The van der Waals surface area contributed by atoms with Crippen molar-refractivity contribution < 1.29 is 56.3 Å². The number of nitrogens with one attached hydrogen (secondary N) is 1. The Balaban J connectivity index is 0.942. The molecule has 68 heavy (non-hydrogen) atoms. The molecule has 0 aliphatic carbocycles. The second kappa shape index (κ2) is 20.8. The van der Waals surface area contributed by atoms with Gasteiger partial charge in [-0.15, -0.1) is 0 Å². The summed E-state index contributed by atoms with van der Waals surface area (Å²) in [5.74, 6) is 1.16. The lowest BCUT2D eigenvalue weighted by Crippen LogP contribution is -2.42. The fourth-order valence-electron chi connectivity index (χ4n) is 8.32. The number of aromatic nitrogens is 7. The number of nitrogens with zero attached hydrogens (tertiary/aromatic N) is 8. The van der Waals surface area contributed by atoms with E-state index in [-0.39, 0.29) is 24.5 Å². The van der Waals surface area contributed by atoms with E-state index in [4.69, 9.17) is 55.8 Å². The van der Waals surface area contributed by atoms with E-state index in [2.05, 4.69) is 39.3 Å². The van der Waals surface area contributed by atoms with Gasteiger partial charge in [-0.2, -0.15) is 4.98 Å². The lowest BCUT2D eigenvalue weighted by Gasteiger charge is -2.30. The second-order valence-corrected chi connectivity index (χ2v) is 22.7. The highest BCUT2D eigenvalue weighted by Crippen LogP contribution is 2.63. The number of pyridine rings is 1. The van der Waals surface area contributed by atoms with Crippen LogP contribution in [0.15, 0.2) is 66.1 Å². The minimum Gasteiger partial charge on any atom is -0.497 e. The van der Waals surface area contributed by atoms with Crippen LogP contribution in [-0.2, 0) is 32.2 Å². The summed E-state index contributed by atoms with van der Waals surface area (Å²) < 4.78 is 65.6. The number of nitrogen functional groups attached to an aromatic ring is 2. The molecule has 0 spiro atoms. The molecule has 8 rings (SSSR count). The van der Waals surface area contributed by atoms with Crippen molar-refractivity contribution in [3.63, 3.8) is 0 Å². The van der Waals surface area contributed by atoms with Crippen LogP contribution in [0.1, 0.15) is 38.1 Å². The Morgan fingerprint density at radius 2 is 1.68 bits per heavy atom. The summed E-state index contributed by atoms with van der Waals surface area (Å²) in [4.78, 5) is 53.4. The van der Waals surface area contributed by atoms with Crippen LogP contribution in [0.25, 0.3) is 33.0 Å². The predicted molar refractivity (Wildman–Crippen MR) is 255 cm³/mol. The van der Waals surface area contributed by atoms with E-state index in [9.17, 15) is 28.8 Å². The number of nitrogens with two attached hydrogens (primary N) is 2. The number of aliphatic hydroxyl groups is 1. The highest BCUT2D eigenvalue weighted by molar-refractivity contribution is 8.55. The maximum absolute atomic E-state index is 14.9. The molecule has 2 aliphatic rings. The smallest absolute Gasteiger partial charge is 0.469 e. The monoisotopic (exact) mass is 1020 g/mol. The number of quaternary nitrogens is 1. The van der Waals surface area contributed by atoms with E-state index >= 15 is 0 Å². The van der Waals surface area contributed by atoms with Crippen molar-refractivity contribution in [2.45, 2.75) is 62.6 Å². The number of hydrogen-bond acceptors (Lipinski definition) is 19. The van der Waals surface area contributed by atoms with Crippen molar-refractivity contribution in [3.05, 3.63) is 76.8 Å². The van der Waals surface area contributed by atoms with Gasteiger partial charge in [-0.25, -0.2) is 33.9 Å². The fourth-order valence-corrected chi connectivity index (χ4v) is 12.6. The molecule has 2 saturated heterocycles. The molecule has 8 N–H and O–H groups in total. The molecule has 2 fully saturated rings. The average Bonchev–Trinajstić information content (AvgIpc) is 4.02. The number of ether oxygens (including phenoxy) is 3. The number of rotatable bonds is 21. The zero-order valence-corrected chi connectivity index (χ0v) is 40.6.